The van der Waals surface area contributed by atoms with Crippen LogP contribution in [-0.4, -0.2) is 42.7 Å². The number of carbonyl (C=O) groups excluding carboxylic acids is 2. The molecular formula is C17H16F3NO5S. The van der Waals surface area contributed by atoms with Crippen molar-refractivity contribution in [2.24, 2.45) is 0 Å². The molecule has 1 heterocycles. The molecule has 27 heavy (non-hydrogen) atoms. The maximum absolute atomic E-state index is 13.3. The fourth-order valence-electron chi connectivity index (χ4n) is 2.24. The number of nitrogens with one attached hydrogen (secondary N) is 1. The summed E-state index contributed by atoms with van der Waals surface area (Å²) in [5.74, 6) is -2.85. The van der Waals surface area contributed by atoms with Crippen LogP contribution in [-0.2, 0) is 14.3 Å². The van der Waals surface area contributed by atoms with E-state index in [9.17, 15) is 27.9 Å². The number of methoxy groups -OCH3 is 1. The Morgan fingerprint density at radius 2 is 1.85 bits per heavy atom. The van der Waals surface area contributed by atoms with E-state index < -0.39 is 23.8 Å². The number of esters is 2. The van der Waals surface area contributed by atoms with Gasteiger partial charge in [0.15, 0.2) is 0 Å². The summed E-state index contributed by atoms with van der Waals surface area (Å²) >= 11 is 0.716. The fraction of sp³-hybridized carbons (Fsp3) is 0.294. The molecule has 0 aliphatic rings. The molecule has 0 radical (unpaired) electrons. The average molecular weight is 403 g/mol. The highest BCUT2D eigenvalue weighted by molar-refractivity contribution is 7.15. The molecule has 2 aromatic rings. The van der Waals surface area contributed by atoms with Crippen molar-refractivity contribution in [2.75, 3.05) is 19.0 Å². The maximum Gasteiger partial charge on any atom is 0.448 e. The molecule has 0 fully saturated rings. The summed E-state index contributed by atoms with van der Waals surface area (Å²) < 4.78 is 48.9. The van der Waals surface area contributed by atoms with Crippen molar-refractivity contribution in [2.45, 2.75) is 18.8 Å². The molecule has 0 bridgehead atoms. The van der Waals surface area contributed by atoms with Gasteiger partial charge in [0.05, 0.1) is 13.7 Å². The summed E-state index contributed by atoms with van der Waals surface area (Å²) in [6.45, 7) is 1.53. The van der Waals surface area contributed by atoms with Gasteiger partial charge >= 0.3 is 23.8 Å². The molecule has 1 unspecified atom stereocenters. The zero-order chi connectivity index (χ0) is 20.2. The third kappa shape index (κ3) is 4.06. The second kappa shape index (κ2) is 7.97. The van der Waals surface area contributed by atoms with Crippen LogP contribution in [0, 0.1) is 0 Å². The van der Waals surface area contributed by atoms with Crippen molar-refractivity contribution in [1.29, 1.82) is 0 Å². The molecule has 1 atom stereocenters. The van der Waals surface area contributed by atoms with E-state index in [2.05, 4.69) is 4.74 Å². The topological polar surface area (TPSA) is 84.9 Å². The van der Waals surface area contributed by atoms with Crippen molar-refractivity contribution >= 4 is 28.3 Å². The molecule has 2 N–H and O–H groups in total. The predicted molar refractivity (Wildman–Crippen MR) is 92.4 cm³/mol. The smallest absolute Gasteiger partial charge is 0.448 e. The number of rotatable bonds is 6. The first kappa shape index (κ1) is 20.7. The Labute approximate surface area is 156 Å². The highest BCUT2D eigenvalue weighted by Crippen LogP contribution is 2.40. The van der Waals surface area contributed by atoms with E-state index in [1.807, 2.05) is 0 Å². The number of anilines is 1. The molecule has 1 aromatic heterocycles. The predicted octanol–water partition coefficient (Wildman–Crippen LogP) is 3.43. The van der Waals surface area contributed by atoms with Crippen LogP contribution in [0.5, 0.6) is 0 Å². The minimum absolute atomic E-state index is 0.0110. The molecule has 0 spiro atoms. The number of halogens is 3. The Morgan fingerprint density at radius 1 is 1.22 bits per heavy atom. The first-order valence-electron chi connectivity index (χ1n) is 7.65. The SMILES string of the molecule is CCOC(=O)c1c(-c2ccccc2)csc1NC(O)(C(=O)OC)C(F)(F)F. The Kier molecular flexibility index (Phi) is 6.11. The number of ether oxygens (including phenoxy) is 2. The number of hydrogen-bond donors (Lipinski definition) is 2. The molecule has 1 aromatic carbocycles. The molecule has 10 heteroatoms. The minimum Gasteiger partial charge on any atom is -0.465 e. The van der Waals surface area contributed by atoms with Gasteiger partial charge in [-0.15, -0.1) is 11.3 Å². The van der Waals surface area contributed by atoms with Crippen molar-refractivity contribution in [3.05, 3.63) is 41.3 Å². The van der Waals surface area contributed by atoms with Crippen molar-refractivity contribution in [3.63, 3.8) is 0 Å². The van der Waals surface area contributed by atoms with Crippen LogP contribution in [0.3, 0.4) is 0 Å². The lowest BCUT2D eigenvalue weighted by Gasteiger charge is -2.28. The van der Waals surface area contributed by atoms with Crippen LogP contribution in [0.25, 0.3) is 11.1 Å². The summed E-state index contributed by atoms with van der Waals surface area (Å²) in [6, 6.07) is 8.43. The largest absolute Gasteiger partial charge is 0.465 e. The molecule has 2 rings (SSSR count). The molecule has 146 valence electrons. The molecule has 0 saturated carbocycles. The third-order valence-corrected chi connectivity index (χ3v) is 4.44. The standard InChI is InChI=1S/C17H16F3NO5S/c1-3-26-14(22)12-11(10-7-5-4-6-8-10)9-27-13(12)21-16(24,15(23)25-2)17(18,19)20/h4-9,21,24H,3H2,1-2H3. The van der Waals surface area contributed by atoms with E-state index in [0.717, 1.165) is 0 Å². The van der Waals surface area contributed by atoms with Gasteiger partial charge in [0.2, 0.25) is 0 Å². The number of alkyl halides is 3. The van der Waals surface area contributed by atoms with E-state index in [1.165, 1.54) is 5.38 Å². The summed E-state index contributed by atoms with van der Waals surface area (Å²) in [5, 5.41) is 12.7. The molecule has 0 aliphatic carbocycles. The second-order valence-electron chi connectivity index (χ2n) is 5.26. The lowest BCUT2D eigenvalue weighted by Crippen LogP contribution is -2.58. The number of carbonyl (C=O) groups is 2. The molecular weight excluding hydrogens is 387 g/mol. The molecule has 0 amide bonds. The highest BCUT2D eigenvalue weighted by Gasteiger charge is 2.62. The van der Waals surface area contributed by atoms with Crippen LogP contribution in [0.15, 0.2) is 35.7 Å². The maximum atomic E-state index is 13.3. The average Bonchev–Trinajstić information content (AvgIpc) is 3.04. The normalized spacial score (nSPS) is 13.6. The Bertz CT molecular complexity index is 822. The quantitative estimate of drug-likeness (QED) is 0.568. The Morgan fingerprint density at radius 3 is 2.37 bits per heavy atom. The van der Waals surface area contributed by atoms with Crippen molar-refractivity contribution in [3.8, 4) is 11.1 Å². The highest BCUT2D eigenvalue weighted by atomic mass is 32.1. The van der Waals surface area contributed by atoms with Gasteiger partial charge in [-0.05, 0) is 12.5 Å². The van der Waals surface area contributed by atoms with Crippen LogP contribution in [0.2, 0.25) is 0 Å². The second-order valence-corrected chi connectivity index (χ2v) is 6.14. The van der Waals surface area contributed by atoms with E-state index in [1.54, 1.807) is 42.6 Å². The lowest BCUT2D eigenvalue weighted by atomic mass is 10.0. The van der Waals surface area contributed by atoms with Crippen LogP contribution in [0.1, 0.15) is 17.3 Å². The monoisotopic (exact) mass is 403 g/mol. The van der Waals surface area contributed by atoms with E-state index in [-0.39, 0.29) is 17.2 Å². The van der Waals surface area contributed by atoms with Crippen LogP contribution in [0.4, 0.5) is 18.2 Å². The number of hydrogen-bond acceptors (Lipinski definition) is 7. The third-order valence-electron chi connectivity index (χ3n) is 3.54. The van der Waals surface area contributed by atoms with E-state index >= 15 is 0 Å². The zero-order valence-corrected chi connectivity index (χ0v) is 15.1. The number of thiophene rings is 1. The van der Waals surface area contributed by atoms with Gasteiger partial charge in [-0.3, -0.25) is 0 Å². The van der Waals surface area contributed by atoms with E-state index in [4.69, 9.17) is 4.74 Å². The van der Waals surface area contributed by atoms with Gasteiger partial charge in [-0.1, -0.05) is 30.3 Å². The molecule has 0 aliphatic heterocycles. The summed E-state index contributed by atoms with van der Waals surface area (Å²) in [7, 11) is 0.705. The summed E-state index contributed by atoms with van der Waals surface area (Å²) in [6.07, 6.45) is -5.40. The van der Waals surface area contributed by atoms with Gasteiger partial charge in [-0.2, -0.15) is 13.2 Å². The van der Waals surface area contributed by atoms with Gasteiger partial charge in [0.25, 0.3) is 0 Å². The van der Waals surface area contributed by atoms with Crippen LogP contribution >= 0.6 is 11.3 Å². The molecule has 0 saturated heterocycles. The van der Waals surface area contributed by atoms with Gasteiger partial charge < -0.3 is 19.9 Å². The van der Waals surface area contributed by atoms with Gasteiger partial charge in [-0.25, -0.2) is 9.59 Å². The first-order valence-corrected chi connectivity index (χ1v) is 8.53. The van der Waals surface area contributed by atoms with E-state index in [0.29, 0.717) is 29.6 Å². The van der Waals surface area contributed by atoms with Gasteiger partial charge in [0.1, 0.15) is 10.6 Å². The summed E-state index contributed by atoms with van der Waals surface area (Å²) in [5.41, 5.74) is -3.39. The first-order chi connectivity index (χ1) is 12.7. The summed E-state index contributed by atoms with van der Waals surface area (Å²) in [4.78, 5) is 24.0. The Hall–Kier alpha value is -2.59. The molecule has 6 nitrogen and oxygen atoms in total. The zero-order valence-electron chi connectivity index (χ0n) is 14.3. The van der Waals surface area contributed by atoms with Crippen LogP contribution < -0.4 is 5.32 Å². The minimum atomic E-state index is -5.40. The van der Waals surface area contributed by atoms with Crippen molar-refractivity contribution < 1.29 is 37.3 Å². The van der Waals surface area contributed by atoms with Gasteiger partial charge in [0, 0.05) is 10.9 Å². The number of aliphatic hydroxyl groups is 1. The number of benzene rings is 1. The Balaban J connectivity index is 2.58. The fourth-order valence-corrected chi connectivity index (χ4v) is 3.24. The van der Waals surface area contributed by atoms with Crippen molar-refractivity contribution in [1.82, 2.24) is 0 Å². The lowest BCUT2D eigenvalue weighted by molar-refractivity contribution is -0.251.